The van der Waals surface area contributed by atoms with Crippen LogP contribution in [-0.2, 0) is 4.79 Å². The second kappa shape index (κ2) is 2.38. The van der Waals surface area contributed by atoms with Crippen molar-refractivity contribution >= 4 is 17.5 Å². The highest BCUT2D eigenvalue weighted by atomic mass is 35.5. The van der Waals surface area contributed by atoms with E-state index < -0.39 is 0 Å². The van der Waals surface area contributed by atoms with Gasteiger partial charge in [-0.2, -0.15) is 0 Å². The molecule has 2 rings (SSSR count). The number of hydrogen-bond donors (Lipinski definition) is 1. The molecule has 1 aliphatic heterocycles. The molecule has 11 heavy (non-hydrogen) atoms. The number of carbonyl (C=O) groups excluding carboxylic acids is 1. The first-order chi connectivity index (χ1) is 5.27. The van der Waals surface area contributed by atoms with Crippen molar-refractivity contribution in [3.05, 3.63) is 22.4 Å². The summed E-state index contributed by atoms with van der Waals surface area (Å²) in [6, 6.07) is 0. The Balaban J connectivity index is 2.43. The number of hydrogen-bond acceptors (Lipinski definition) is 1. The highest BCUT2D eigenvalue weighted by molar-refractivity contribution is 6.30. The van der Waals surface area contributed by atoms with Gasteiger partial charge in [0.2, 0.25) is 5.91 Å². The molecule has 0 atom stereocenters. The fraction of sp³-hybridized carbons (Fsp3) is 0.375. The average molecular weight is 170 g/mol. The van der Waals surface area contributed by atoms with Gasteiger partial charge in [0, 0.05) is 11.1 Å². The van der Waals surface area contributed by atoms with Gasteiger partial charge in [0.25, 0.3) is 0 Å². The van der Waals surface area contributed by atoms with Crippen LogP contribution in [-0.4, -0.2) is 5.91 Å². The molecular formula is C8H8ClNO. The van der Waals surface area contributed by atoms with Gasteiger partial charge in [-0.05, 0) is 24.8 Å². The molecule has 0 saturated carbocycles. The van der Waals surface area contributed by atoms with Gasteiger partial charge in [0.15, 0.2) is 0 Å². The predicted octanol–water partition coefficient (Wildman–Crippen LogP) is 1.68. The van der Waals surface area contributed by atoms with Gasteiger partial charge in [-0.25, -0.2) is 0 Å². The lowest BCUT2D eigenvalue weighted by Crippen LogP contribution is -2.16. The zero-order valence-electron chi connectivity index (χ0n) is 5.98. The van der Waals surface area contributed by atoms with E-state index in [0.29, 0.717) is 0 Å². The molecule has 1 heterocycles. The van der Waals surface area contributed by atoms with E-state index in [9.17, 15) is 4.79 Å². The van der Waals surface area contributed by atoms with Crippen molar-refractivity contribution in [3.8, 4) is 0 Å². The molecule has 3 heteroatoms. The van der Waals surface area contributed by atoms with E-state index in [4.69, 9.17) is 11.6 Å². The average Bonchev–Trinajstić information content (AvgIpc) is 2.31. The molecule has 2 aliphatic rings. The lowest BCUT2D eigenvalue weighted by molar-refractivity contribution is -0.115. The first-order valence-electron chi connectivity index (χ1n) is 3.68. The quantitative estimate of drug-likeness (QED) is 0.588. The maximum Gasteiger partial charge on any atom is 0.248 e. The predicted molar refractivity (Wildman–Crippen MR) is 43.0 cm³/mol. The van der Waals surface area contributed by atoms with Crippen LogP contribution in [0.3, 0.4) is 0 Å². The van der Waals surface area contributed by atoms with E-state index in [2.05, 4.69) is 5.32 Å². The van der Waals surface area contributed by atoms with Crippen molar-refractivity contribution in [2.45, 2.75) is 19.3 Å². The van der Waals surface area contributed by atoms with Crippen LogP contribution in [0.5, 0.6) is 0 Å². The summed E-state index contributed by atoms with van der Waals surface area (Å²) >= 11 is 5.91. The minimum absolute atomic E-state index is 0.0324. The highest BCUT2D eigenvalue weighted by Gasteiger charge is 2.23. The second-order valence-corrected chi connectivity index (χ2v) is 3.25. The Bertz CT molecular complexity index is 278. The molecule has 0 aromatic rings. The van der Waals surface area contributed by atoms with E-state index in [0.717, 1.165) is 35.6 Å². The number of allylic oxidation sites excluding steroid dienone is 2. The summed E-state index contributed by atoms with van der Waals surface area (Å²) in [6.45, 7) is 0. The van der Waals surface area contributed by atoms with Crippen molar-refractivity contribution in [1.29, 1.82) is 0 Å². The standard InChI is InChI=1S/C8H8ClNO/c9-6-3-1-2-5-4-7(11)10-8(5)6/h4H,1-3H2,(H,10,11). The van der Waals surface area contributed by atoms with Crippen LogP contribution >= 0.6 is 11.6 Å². The molecule has 1 aliphatic carbocycles. The van der Waals surface area contributed by atoms with E-state index in [1.807, 2.05) is 0 Å². The molecule has 1 N–H and O–H groups in total. The lowest BCUT2D eigenvalue weighted by atomic mass is 10.0. The summed E-state index contributed by atoms with van der Waals surface area (Å²) in [5.74, 6) is -0.0324. The Morgan fingerprint density at radius 3 is 3.00 bits per heavy atom. The van der Waals surface area contributed by atoms with Gasteiger partial charge in [-0.15, -0.1) is 0 Å². The fourth-order valence-corrected chi connectivity index (χ4v) is 1.77. The highest BCUT2D eigenvalue weighted by Crippen LogP contribution is 2.32. The smallest absolute Gasteiger partial charge is 0.248 e. The molecule has 58 valence electrons. The largest absolute Gasteiger partial charge is 0.321 e. The topological polar surface area (TPSA) is 29.1 Å². The monoisotopic (exact) mass is 169 g/mol. The Kier molecular flexibility index (Phi) is 1.50. The molecule has 0 saturated heterocycles. The van der Waals surface area contributed by atoms with Crippen LogP contribution in [0.2, 0.25) is 0 Å². The zero-order valence-corrected chi connectivity index (χ0v) is 6.74. The lowest BCUT2D eigenvalue weighted by Gasteiger charge is -2.13. The molecule has 2 nitrogen and oxygen atoms in total. The minimum atomic E-state index is -0.0324. The molecule has 1 amide bonds. The van der Waals surface area contributed by atoms with E-state index >= 15 is 0 Å². The fourth-order valence-electron chi connectivity index (χ4n) is 1.47. The maximum atomic E-state index is 10.9. The first kappa shape index (κ1) is 6.92. The molecular weight excluding hydrogens is 162 g/mol. The van der Waals surface area contributed by atoms with Crippen molar-refractivity contribution in [2.75, 3.05) is 0 Å². The van der Waals surface area contributed by atoms with Crippen molar-refractivity contribution in [2.24, 2.45) is 0 Å². The Morgan fingerprint density at radius 2 is 2.27 bits per heavy atom. The van der Waals surface area contributed by atoms with Crippen LogP contribution in [0.25, 0.3) is 0 Å². The zero-order chi connectivity index (χ0) is 7.84. The van der Waals surface area contributed by atoms with Crippen molar-refractivity contribution < 1.29 is 4.79 Å². The van der Waals surface area contributed by atoms with E-state index in [-0.39, 0.29) is 5.91 Å². The van der Waals surface area contributed by atoms with Crippen LogP contribution in [0.15, 0.2) is 22.4 Å². The van der Waals surface area contributed by atoms with Crippen LogP contribution in [0.4, 0.5) is 0 Å². The SMILES string of the molecule is O=C1C=C2CCCC(Cl)=C2N1. The summed E-state index contributed by atoms with van der Waals surface area (Å²) in [5, 5.41) is 3.52. The number of amides is 1. The van der Waals surface area contributed by atoms with E-state index in [1.165, 1.54) is 0 Å². The van der Waals surface area contributed by atoms with Crippen LogP contribution in [0.1, 0.15) is 19.3 Å². The molecule has 0 aromatic heterocycles. The molecule has 0 bridgehead atoms. The van der Waals surface area contributed by atoms with Gasteiger partial charge in [0.1, 0.15) is 0 Å². The molecule has 0 spiro atoms. The first-order valence-corrected chi connectivity index (χ1v) is 4.06. The summed E-state index contributed by atoms with van der Waals surface area (Å²) in [7, 11) is 0. The van der Waals surface area contributed by atoms with Crippen molar-refractivity contribution in [3.63, 3.8) is 0 Å². The molecule has 0 radical (unpaired) electrons. The van der Waals surface area contributed by atoms with Crippen LogP contribution in [0, 0.1) is 0 Å². The normalized spacial score (nSPS) is 23.0. The van der Waals surface area contributed by atoms with Gasteiger partial charge < -0.3 is 5.32 Å². The molecule has 0 fully saturated rings. The number of nitrogens with one attached hydrogen (secondary N) is 1. The van der Waals surface area contributed by atoms with Crippen molar-refractivity contribution in [1.82, 2.24) is 5.32 Å². The van der Waals surface area contributed by atoms with Gasteiger partial charge >= 0.3 is 0 Å². The molecule has 0 aromatic carbocycles. The third-order valence-electron chi connectivity index (χ3n) is 1.99. The second-order valence-electron chi connectivity index (χ2n) is 2.79. The summed E-state index contributed by atoms with van der Waals surface area (Å²) in [6.07, 6.45) is 4.57. The van der Waals surface area contributed by atoms with Crippen LogP contribution < -0.4 is 5.32 Å². The third kappa shape index (κ3) is 1.07. The minimum Gasteiger partial charge on any atom is -0.321 e. The number of halogens is 1. The summed E-state index contributed by atoms with van der Waals surface area (Å²) in [4.78, 5) is 10.9. The van der Waals surface area contributed by atoms with Gasteiger partial charge in [0.05, 0.1) is 5.70 Å². The number of fused-ring (bicyclic) bond motifs is 1. The van der Waals surface area contributed by atoms with Gasteiger partial charge in [-0.1, -0.05) is 11.6 Å². The Labute approximate surface area is 69.9 Å². The third-order valence-corrected chi connectivity index (χ3v) is 2.37. The molecule has 0 unspecified atom stereocenters. The Hall–Kier alpha value is -0.760. The summed E-state index contributed by atoms with van der Waals surface area (Å²) < 4.78 is 0. The number of carbonyl (C=O) groups is 1. The summed E-state index contributed by atoms with van der Waals surface area (Å²) in [5.41, 5.74) is 1.94. The maximum absolute atomic E-state index is 10.9. The van der Waals surface area contributed by atoms with E-state index in [1.54, 1.807) is 6.08 Å². The number of rotatable bonds is 0. The Morgan fingerprint density at radius 1 is 1.45 bits per heavy atom. The van der Waals surface area contributed by atoms with Gasteiger partial charge in [-0.3, -0.25) is 4.79 Å².